The molecule has 0 bridgehead atoms. The molecule has 4 heteroatoms. The molecule has 0 aliphatic heterocycles. The van der Waals surface area contributed by atoms with Crippen LogP contribution in [0, 0.1) is 6.92 Å². The largest absolute Gasteiger partial charge is 0.398 e. The van der Waals surface area contributed by atoms with Crippen molar-refractivity contribution in [2.45, 2.75) is 6.92 Å². The molecular formula is C17H15N3O. The Hall–Kier alpha value is -2.88. The van der Waals surface area contributed by atoms with Gasteiger partial charge >= 0.3 is 0 Å². The minimum atomic E-state index is -0.209. The molecule has 0 spiro atoms. The molecule has 0 saturated carbocycles. The summed E-state index contributed by atoms with van der Waals surface area (Å²) in [6, 6.07) is 14.8. The molecule has 0 unspecified atom stereocenters. The van der Waals surface area contributed by atoms with Crippen molar-refractivity contribution in [1.82, 2.24) is 4.98 Å². The number of anilines is 2. The lowest BCUT2D eigenvalue weighted by atomic mass is 10.1. The Bertz CT molecular complexity index is 827. The number of amides is 1. The molecule has 21 heavy (non-hydrogen) atoms. The Morgan fingerprint density at radius 3 is 2.86 bits per heavy atom. The molecule has 4 nitrogen and oxygen atoms in total. The lowest BCUT2D eigenvalue weighted by Gasteiger charge is -2.09. The SMILES string of the molecule is Cc1ccc(N)c(C(=O)Nc2ccc3ncccc3c2)c1. The summed E-state index contributed by atoms with van der Waals surface area (Å²) < 4.78 is 0. The van der Waals surface area contributed by atoms with Crippen molar-refractivity contribution in [3.63, 3.8) is 0 Å². The molecule has 3 aromatic rings. The maximum Gasteiger partial charge on any atom is 0.257 e. The van der Waals surface area contributed by atoms with E-state index in [1.807, 2.05) is 43.3 Å². The van der Waals surface area contributed by atoms with Gasteiger partial charge in [-0.25, -0.2) is 0 Å². The van der Waals surface area contributed by atoms with Gasteiger partial charge in [-0.2, -0.15) is 0 Å². The molecule has 0 radical (unpaired) electrons. The minimum absolute atomic E-state index is 0.209. The van der Waals surface area contributed by atoms with E-state index in [9.17, 15) is 4.79 Å². The molecule has 2 aromatic carbocycles. The molecule has 0 aliphatic carbocycles. The van der Waals surface area contributed by atoms with Crippen molar-refractivity contribution in [2.24, 2.45) is 0 Å². The Kier molecular flexibility index (Phi) is 3.28. The van der Waals surface area contributed by atoms with Gasteiger partial charge in [-0.1, -0.05) is 17.7 Å². The lowest BCUT2D eigenvalue weighted by molar-refractivity contribution is 0.102. The summed E-state index contributed by atoms with van der Waals surface area (Å²) in [5.74, 6) is -0.209. The highest BCUT2D eigenvalue weighted by Crippen LogP contribution is 2.19. The second-order valence-corrected chi connectivity index (χ2v) is 4.96. The monoisotopic (exact) mass is 277 g/mol. The highest BCUT2D eigenvalue weighted by molar-refractivity contribution is 6.08. The van der Waals surface area contributed by atoms with Crippen LogP contribution in [0.4, 0.5) is 11.4 Å². The van der Waals surface area contributed by atoms with E-state index in [0.717, 1.165) is 22.2 Å². The molecule has 104 valence electrons. The minimum Gasteiger partial charge on any atom is -0.398 e. The summed E-state index contributed by atoms with van der Waals surface area (Å²) in [6.45, 7) is 1.93. The van der Waals surface area contributed by atoms with Crippen molar-refractivity contribution in [2.75, 3.05) is 11.1 Å². The Labute approximate surface area is 122 Å². The van der Waals surface area contributed by atoms with E-state index < -0.39 is 0 Å². The summed E-state index contributed by atoms with van der Waals surface area (Å²) in [4.78, 5) is 16.6. The fraction of sp³-hybridized carbons (Fsp3) is 0.0588. The van der Waals surface area contributed by atoms with Crippen LogP contribution in [0.1, 0.15) is 15.9 Å². The molecule has 1 aromatic heterocycles. The number of benzene rings is 2. The third kappa shape index (κ3) is 2.69. The highest BCUT2D eigenvalue weighted by Gasteiger charge is 2.10. The van der Waals surface area contributed by atoms with E-state index >= 15 is 0 Å². The summed E-state index contributed by atoms with van der Waals surface area (Å²) in [7, 11) is 0. The molecule has 1 heterocycles. The summed E-state index contributed by atoms with van der Waals surface area (Å²) >= 11 is 0. The van der Waals surface area contributed by atoms with E-state index in [-0.39, 0.29) is 5.91 Å². The van der Waals surface area contributed by atoms with Gasteiger partial charge in [0.2, 0.25) is 0 Å². The predicted octanol–water partition coefficient (Wildman–Crippen LogP) is 3.38. The van der Waals surface area contributed by atoms with Crippen LogP contribution in [0.2, 0.25) is 0 Å². The highest BCUT2D eigenvalue weighted by atomic mass is 16.1. The van der Waals surface area contributed by atoms with Gasteiger partial charge in [0, 0.05) is 23.0 Å². The number of hydrogen-bond donors (Lipinski definition) is 2. The summed E-state index contributed by atoms with van der Waals surface area (Å²) in [5.41, 5.74) is 9.44. The second-order valence-electron chi connectivity index (χ2n) is 4.96. The summed E-state index contributed by atoms with van der Waals surface area (Å²) in [6.07, 6.45) is 1.74. The van der Waals surface area contributed by atoms with E-state index in [2.05, 4.69) is 10.3 Å². The number of nitrogen functional groups attached to an aromatic ring is 1. The van der Waals surface area contributed by atoms with Crippen LogP contribution in [0.25, 0.3) is 10.9 Å². The number of nitrogens with zero attached hydrogens (tertiary/aromatic N) is 1. The van der Waals surface area contributed by atoms with Gasteiger partial charge in [-0.05, 0) is 43.3 Å². The molecule has 0 fully saturated rings. The van der Waals surface area contributed by atoms with Crippen LogP contribution in [-0.2, 0) is 0 Å². The first-order chi connectivity index (χ1) is 10.1. The van der Waals surface area contributed by atoms with E-state index in [4.69, 9.17) is 5.73 Å². The number of hydrogen-bond acceptors (Lipinski definition) is 3. The first-order valence-electron chi connectivity index (χ1n) is 6.66. The fourth-order valence-corrected chi connectivity index (χ4v) is 2.22. The Balaban J connectivity index is 1.90. The van der Waals surface area contributed by atoms with Crippen molar-refractivity contribution in [1.29, 1.82) is 0 Å². The van der Waals surface area contributed by atoms with Gasteiger partial charge in [0.1, 0.15) is 0 Å². The number of aromatic nitrogens is 1. The Morgan fingerprint density at radius 2 is 2.00 bits per heavy atom. The van der Waals surface area contributed by atoms with Crippen LogP contribution in [0.15, 0.2) is 54.7 Å². The van der Waals surface area contributed by atoms with Gasteiger partial charge in [-0.3, -0.25) is 9.78 Å². The zero-order chi connectivity index (χ0) is 14.8. The quantitative estimate of drug-likeness (QED) is 0.706. The number of carbonyl (C=O) groups is 1. The third-order valence-electron chi connectivity index (χ3n) is 3.31. The normalized spacial score (nSPS) is 10.5. The van der Waals surface area contributed by atoms with Gasteiger partial charge in [0.25, 0.3) is 5.91 Å². The first kappa shape index (κ1) is 13.1. The lowest BCUT2D eigenvalue weighted by Crippen LogP contribution is -2.14. The molecule has 3 N–H and O–H groups in total. The standard InChI is InChI=1S/C17H15N3O/c1-11-4-6-15(18)14(9-11)17(21)20-13-5-7-16-12(10-13)3-2-8-19-16/h2-10H,18H2,1H3,(H,20,21). The first-order valence-corrected chi connectivity index (χ1v) is 6.66. The van der Waals surface area contributed by atoms with Gasteiger partial charge in [-0.15, -0.1) is 0 Å². The van der Waals surface area contributed by atoms with Gasteiger partial charge < -0.3 is 11.1 Å². The molecule has 0 saturated heterocycles. The maximum absolute atomic E-state index is 12.3. The number of nitrogens with one attached hydrogen (secondary N) is 1. The number of carbonyl (C=O) groups excluding carboxylic acids is 1. The average molecular weight is 277 g/mol. The van der Waals surface area contributed by atoms with Crippen LogP contribution >= 0.6 is 0 Å². The maximum atomic E-state index is 12.3. The molecule has 1 amide bonds. The van der Waals surface area contributed by atoms with Crippen molar-refractivity contribution in [3.8, 4) is 0 Å². The average Bonchev–Trinajstić information content (AvgIpc) is 2.49. The van der Waals surface area contributed by atoms with Gasteiger partial charge in [0.05, 0.1) is 11.1 Å². The number of nitrogens with two attached hydrogens (primary N) is 1. The number of pyridine rings is 1. The van der Waals surface area contributed by atoms with Crippen molar-refractivity contribution >= 4 is 28.2 Å². The molecule has 3 rings (SSSR count). The van der Waals surface area contributed by atoms with E-state index in [0.29, 0.717) is 11.3 Å². The molecule has 0 aliphatic rings. The van der Waals surface area contributed by atoms with Gasteiger partial charge in [0.15, 0.2) is 0 Å². The molecule has 0 atom stereocenters. The second kappa shape index (κ2) is 5.25. The van der Waals surface area contributed by atoms with Crippen LogP contribution < -0.4 is 11.1 Å². The third-order valence-corrected chi connectivity index (χ3v) is 3.31. The smallest absolute Gasteiger partial charge is 0.257 e. The van der Waals surface area contributed by atoms with Crippen LogP contribution in [-0.4, -0.2) is 10.9 Å². The van der Waals surface area contributed by atoms with E-state index in [1.54, 1.807) is 18.3 Å². The van der Waals surface area contributed by atoms with Crippen LogP contribution in [0.3, 0.4) is 0 Å². The van der Waals surface area contributed by atoms with Crippen LogP contribution in [0.5, 0.6) is 0 Å². The number of aryl methyl sites for hydroxylation is 1. The summed E-state index contributed by atoms with van der Waals surface area (Å²) in [5, 5.41) is 3.85. The van der Waals surface area contributed by atoms with Crippen molar-refractivity contribution < 1.29 is 4.79 Å². The van der Waals surface area contributed by atoms with E-state index in [1.165, 1.54) is 0 Å². The zero-order valence-electron chi connectivity index (χ0n) is 11.6. The Morgan fingerprint density at radius 1 is 1.14 bits per heavy atom. The number of fused-ring (bicyclic) bond motifs is 1. The topological polar surface area (TPSA) is 68.0 Å². The fourth-order valence-electron chi connectivity index (χ4n) is 2.22. The van der Waals surface area contributed by atoms with Crippen molar-refractivity contribution in [3.05, 3.63) is 65.9 Å². The molecular weight excluding hydrogens is 262 g/mol. The number of rotatable bonds is 2. The predicted molar refractivity (Wildman–Crippen MR) is 85.3 cm³/mol. The zero-order valence-corrected chi connectivity index (χ0v) is 11.6.